The Kier molecular flexibility index (Phi) is 5.78. The van der Waals surface area contributed by atoms with Crippen LogP contribution in [0.15, 0.2) is 42.9 Å². The first-order valence-corrected chi connectivity index (χ1v) is 9.74. The topological polar surface area (TPSA) is 92.7 Å². The number of hydrogen-bond acceptors (Lipinski definition) is 7. The molecule has 9 nitrogen and oxygen atoms in total. The molecule has 1 fully saturated rings. The number of carbonyl (C=O) groups is 1. The molecular weight excluding hydrogens is 384 g/mol. The van der Waals surface area contributed by atoms with Crippen molar-refractivity contribution in [1.29, 1.82) is 0 Å². The summed E-state index contributed by atoms with van der Waals surface area (Å²) >= 11 is 0. The molecule has 2 amide bonds. The van der Waals surface area contributed by atoms with Crippen LogP contribution in [0.3, 0.4) is 0 Å². The highest BCUT2D eigenvalue weighted by atomic mass is 16.5. The van der Waals surface area contributed by atoms with Gasteiger partial charge in [0.25, 0.3) is 0 Å². The van der Waals surface area contributed by atoms with Crippen LogP contribution in [0, 0.1) is 0 Å². The molecule has 1 N–H and O–H groups in total. The fourth-order valence-electron chi connectivity index (χ4n) is 3.52. The van der Waals surface area contributed by atoms with E-state index < -0.39 is 0 Å². The second-order valence-corrected chi connectivity index (χ2v) is 6.88. The third kappa shape index (κ3) is 4.05. The molecule has 156 valence electrons. The van der Waals surface area contributed by atoms with E-state index in [1.807, 2.05) is 35.2 Å². The summed E-state index contributed by atoms with van der Waals surface area (Å²) in [6, 6.07) is 9.31. The minimum absolute atomic E-state index is 0.0840. The van der Waals surface area contributed by atoms with Gasteiger partial charge >= 0.3 is 6.03 Å². The van der Waals surface area contributed by atoms with Crippen molar-refractivity contribution >= 4 is 22.8 Å². The van der Waals surface area contributed by atoms with Gasteiger partial charge in [-0.1, -0.05) is 6.07 Å². The van der Waals surface area contributed by atoms with Crippen molar-refractivity contribution < 1.29 is 14.3 Å². The van der Waals surface area contributed by atoms with Crippen LogP contribution in [0.1, 0.15) is 5.69 Å². The van der Waals surface area contributed by atoms with Crippen molar-refractivity contribution in [3.05, 3.63) is 48.5 Å². The molecular formula is C21H24N6O3. The number of fused-ring (bicyclic) bond motifs is 1. The van der Waals surface area contributed by atoms with Crippen LogP contribution in [0.25, 0.3) is 10.9 Å². The fourth-order valence-corrected chi connectivity index (χ4v) is 3.52. The monoisotopic (exact) mass is 408 g/mol. The molecule has 1 aliphatic rings. The lowest BCUT2D eigenvalue weighted by Gasteiger charge is -2.35. The number of hydrogen-bond donors (Lipinski definition) is 1. The van der Waals surface area contributed by atoms with Gasteiger partial charge in [0, 0.05) is 43.8 Å². The summed E-state index contributed by atoms with van der Waals surface area (Å²) in [5.41, 5.74) is 1.62. The van der Waals surface area contributed by atoms with Crippen LogP contribution in [-0.4, -0.2) is 66.3 Å². The van der Waals surface area contributed by atoms with Crippen LogP contribution < -0.4 is 19.7 Å². The number of pyridine rings is 1. The third-order valence-corrected chi connectivity index (χ3v) is 5.13. The Morgan fingerprint density at radius 3 is 2.50 bits per heavy atom. The van der Waals surface area contributed by atoms with Gasteiger partial charge in [0.2, 0.25) is 0 Å². The van der Waals surface area contributed by atoms with Crippen LogP contribution in [0.4, 0.5) is 10.6 Å². The molecule has 3 heterocycles. The molecule has 1 aromatic carbocycles. The Morgan fingerprint density at radius 2 is 1.80 bits per heavy atom. The average Bonchev–Trinajstić information content (AvgIpc) is 2.82. The van der Waals surface area contributed by atoms with E-state index in [9.17, 15) is 4.79 Å². The largest absolute Gasteiger partial charge is 0.493 e. The number of nitrogens with one attached hydrogen (secondary N) is 1. The normalized spacial score (nSPS) is 13.9. The van der Waals surface area contributed by atoms with Gasteiger partial charge in [0.05, 0.1) is 32.0 Å². The van der Waals surface area contributed by atoms with Gasteiger partial charge in [-0.25, -0.2) is 14.8 Å². The maximum atomic E-state index is 12.5. The Bertz CT molecular complexity index is 1020. The van der Waals surface area contributed by atoms with Gasteiger partial charge in [0.1, 0.15) is 12.1 Å². The zero-order valence-electron chi connectivity index (χ0n) is 17.0. The Morgan fingerprint density at radius 1 is 1.03 bits per heavy atom. The summed E-state index contributed by atoms with van der Waals surface area (Å²) in [6.45, 7) is 2.98. The zero-order valence-corrected chi connectivity index (χ0v) is 17.0. The highest BCUT2D eigenvalue weighted by molar-refractivity contribution is 5.92. The van der Waals surface area contributed by atoms with Crippen LogP contribution in [0.5, 0.6) is 11.5 Å². The number of urea groups is 1. The second kappa shape index (κ2) is 8.81. The van der Waals surface area contributed by atoms with Gasteiger partial charge in [-0.2, -0.15) is 0 Å². The lowest BCUT2D eigenvalue weighted by molar-refractivity contribution is 0.193. The summed E-state index contributed by atoms with van der Waals surface area (Å²) in [4.78, 5) is 29.6. The Hall–Kier alpha value is -3.62. The van der Waals surface area contributed by atoms with E-state index in [-0.39, 0.29) is 6.03 Å². The molecule has 0 unspecified atom stereocenters. The van der Waals surface area contributed by atoms with E-state index in [1.54, 1.807) is 26.7 Å². The minimum Gasteiger partial charge on any atom is -0.493 e. The van der Waals surface area contributed by atoms with Crippen LogP contribution >= 0.6 is 0 Å². The summed E-state index contributed by atoms with van der Waals surface area (Å²) in [5, 5.41) is 3.82. The molecule has 2 aromatic heterocycles. The standard InChI is InChI=1S/C21H24N6O3/c1-29-18-11-16-17(12-19(18)30-2)24-14-25-20(16)26-7-9-27(10-8-26)21(28)23-13-15-5-3-4-6-22-15/h3-6,11-12,14H,7-10,13H2,1-2H3,(H,23,28). The lowest BCUT2D eigenvalue weighted by atomic mass is 10.2. The van der Waals surface area contributed by atoms with Crippen LogP contribution in [-0.2, 0) is 6.54 Å². The molecule has 30 heavy (non-hydrogen) atoms. The zero-order chi connectivity index (χ0) is 20.9. The van der Waals surface area contributed by atoms with E-state index in [0.717, 1.165) is 22.4 Å². The van der Waals surface area contributed by atoms with Crippen molar-refractivity contribution in [2.75, 3.05) is 45.3 Å². The van der Waals surface area contributed by atoms with Gasteiger partial charge in [-0.15, -0.1) is 0 Å². The summed E-state index contributed by atoms with van der Waals surface area (Å²) in [6.07, 6.45) is 3.27. The number of anilines is 1. The fraction of sp³-hybridized carbons (Fsp3) is 0.333. The quantitative estimate of drug-likeness (QED) is 0.691. The van der Waals surface area contributed by atoms with Gasteiger partial charge in [-0.3, -0.25) is 4.98 Å². The number of carbonyl (C=O) groups excluding carboxylic acids is 1. The highest BCUT2D eigenvalue weighted by Crippen LogP contribution is 2.34. The second-order valence-electron chi connectivity index (χ2n) is 6.88. The predicted molar refractivity (Wildman–Crippen MR) is 113 cm³/mol. The van der Waals surface area contributed by atoms with Gasteiger partial charge in [0.15, 0.2) is 11.5 Å². The number of methoxy groups -OCH3 is 2. The lowest BCUT2D eigenvalue weighted by Crippen LogP contribution is -2.52. The molecule has 0 aliphatic carbocycles. The molecule has 1 aliphatic heterocycles. The van der Waals surface area contributed by atoms with Crippen LogP contribution in [0.2, 0.25) is 0 Å². The van der Waals surface area contributed by atoms with Crippen molar-refractivity contribution in [1.82, 2.24) is 25.2 Å². The number of aromatic nitrogens is 3. The Balaban J connectivity index is 1.43. The molecule has 9 heteroatoms. The third-order valence-electron chi connectivity index (χ3n) is 5.13. The molecule has 0 spiro atoms. The molecule has 0 radical (unpaired) electrons. The van der Waals surface area contributed by atoms with Gasteiger partial charge < -0.3 is 24.6 Å². The molecule has 1 saturated heterocycles. The van der Waals surface area contributed by atoms with Crippen molar-refractivity contribution in [3.63, 3.8) is 0 Å². The highest BCUT2D eigenvalue weighted by Gasteiger charge is 2.23. The molecule has 0 bridgehead atoms. The molecule has 0 atom stereocenters. The number of rotatable bonds is 5. The van der Waals surface area contributed by atoms with E-state index >= 15 is 0 Å². The van der Waals surface area contributed by atoms with E-state index in [2.05, 4.69) is 25.2 Å². The summed E-state index contributed by atoms with van der Waals surface area (Å²) in [7, 11) is 3.21. The molecule has 0 saturated carbocycles. The Labute approximate surface area is 174 Å². The number of ether oxygens (including phenoxy) is 2. The summed E-state index contributed by atoms with van der Waals surface area (Å²) in [5.74, 6) is 2.09. The predicted octanol–water partition coefficient (Wildman–Crippen LogP) is 2.07. The minimum atomic E-state index is -0.0840. The number of nitrogens with zero attached hydrogens (tertiary/aromatic N) is 5. The maximum Gasteiger partial charge on any atom is 0.317 e. The maximum absolute atomic E-state index is 12.5. The van der Waals surface area contributed by atoms with Crippen molar-refractivity contribution in [2.45, 2.75) is 6.54 Å². The first-order chi connectivity index (χ1) is 14.7. The number of amides is 2. The van der Waals surface area contributed by atoms with Gasteiger partial charge in [-0.05, 0) is 18.2 Å². The number of benzene rings is 1. The number of piperazine rings is 1. The first kappa shape index (κ1) is 19.7. The van der Waals surface area contributed by atoms with E-state index in [4.69, 9.17) is 9.47 Å². The molecule has 4 rings (SSSR count). The summed E-state index contributed by atoms with van der Waals surface area (Å²) < 4.78 is 10.8. The smallest absolute Gasteiger partial charge is 0.317 e. The van der Waals surface area contributed by atoms with E-state index in [1.165, 1.54) is 0 Å². The SMILES string of the molecule is COc1cc2ncnc(N3CCN(C(=O)NCc4ccccn4)CC3)c2cc1OC. The van der Waals surface area contributed by atoms with E-state index in [0.29, 0.717) is 44.2 Å². The average molecular weight is 408 g/mol. The van der Waals surface area contributed by atoms with Crippen molar-refractivity contribution in [3.8, 4) is 11.5 Å². The first-order valence-electron chi connectivity index (χ1n) is 9.74. The molecule has 3 aromatic rings. The van der Waals surface area contributed by atoms with Crippen molar-refractivity contribution in [2.24, 2.45) is 0 Å².